The third-order valence-corrected chi connectivity index (χ3v) is 3.42. The molecular weight excluding hydrogens is 262 g/mol. The summed E-state index contributed by atoms with van der Waals surface area (Å²) in [6.45, 7) is 12.9. The van der Waals surface area contributed by atoms with Crippen LogP contribution in [0, 0.1) is 0 Å². The second kappa shape index (κ2) is 5.14. The van der Waals surface area contributed by atoms with Gasteiger partial charge in [-0.3, -0.25) is 5.21 Å². The van der Waals surface area contributed by atoms with Crippen LogP contribution in [0.2, 0.25) is 0 Å². The van der Waals surface area contributed by atoms with Gasteiger partial charge in [0.1, 0.15) is 0 Å². The second-order valence-corrected chi connectivity index (χ2v) is 7.54. The highest BCUT2D eigenvalue weighted by Gasteiger charge is 2.34. The number of aromatic nitrogens is 1. The number of hydrogen-bond donors (Lipinski definition) is 1. The summed E-state index contributed by atoms with van der Waals surface area (Å²) in [4.78, 5) is 0. The predicted molar refractivity (Wildman–Crippen MR) is 83.3 cm³/mol. The second-order valence-electron chi connectivity index (χ2n) is 7.54. The van der Waals surface area contributed by atoms with Crippen LogP contribution in [-0.4, -0.2) is 5.21 Å². The normalized spacial score (nSPS) is 12.5. The molecule has 1 N–H and O–H groups in total. The molecule has 112 valence electrons. The van der Waals surface area contributed by atoms with E-state index in [9.17, 15) is 5.21 Å². The first-order valence-corrected chi connectivity index (χ1v) is 7.27. The van der Waals surface area contributed by atoms with E-state index in [2.05, 4.69) is 53.7 Å². The largest absolute Gasteiger partial charge is 0.335 e. The Balaban J connectivity index is 2.63. The standard InChI is InChI=1S/C18H25NO2/c1-17(2,3)15-11-14(12-16(21-15)18(4,5)6)13-7-9-19(20)10-8-13/h7-12,20H,1-6H3/q+2. The first-order chi connectivity index (χ1) is 9.57. The van der Waals surface area contributed by atoms with Gasteiger partial charge in [0.2, 0.25) is 12.4 Å². The van der Waals surface area contributed by atoms with Gasteiger partial charge in [-0.1, -0.05) is 0 Å². The Bertz CT molecular complexity index is 599. The summed E-state index contributed by atoms with van der Waals surface area (Å²) < 4.78 is 7.19. The van der Waals surface area contributed by atoms with E-state index in [0.717, 1.165) is 27.4 Å². The lowest BCUT2D eigenvalue weighted by molar-refractivity contribution is -0.904. The first-order valence-electron chi connectivity index (χ1n) is 7.27. The number of hydrogen-bond acceptors (Lipinski definition) is 1. The molecule has 0 aliphatic rings. The zero-order valence-corrected chi connectivity index (χ0v) is 13.8. The lowest BCUT2D eigenvalue weighted by Crippen LogP contribution is -2.27. The van der Waals surface area contributed by atoms with Gasteiger partial charge in [0.05, 0.1) is 10.8 Å². The van der Waals surface area contributed by atoms with Gasteiger partial charge in [-0.25, -0.2) is 4.42 Å². The van der Waals surface area contributed by atoms with Gasteiger partial charge in [0.25, 0.3) is 0 Å². The maximum atomic E-state index is 9.37. The molecule has 0 spiro atoms. The number of pyridine rings is 1. The number of nitrogens with zero attached hydrogens (tertiary/aromatic N) is 1. The summed E-state index contributed by atoms with van der Waals surface area (Å²) in [5.74, 6) is 1.93. The SMILES string of the molecule is CC(C)(C)c1cc(-c2cc[n+](O)cc2)cc(C(C)(C)C)[o+]1. The van der Waals surface area contributed by atoms with Gasteiger partial charge >= 0.3 is 11.5 Å². The first kappa shape index (κ1) is 15.5. The molecule has 3 nitrogen and oxygen atoms in total. The van der Waals surface area contributed by atoms with Crippen LogP contribution in [0.4, 0.5) is 0 Å². The summed E-state index contributed by atoms with van der Waals surface area (Å²) >= 11 is 0. The van der Waals surface area contributed by atoms with E-state index < -0.39 is 0 Å². The summed E-state index contributed by atoms with van der Waals surface area (Å²) in [7, 11) is 0. The molecule has 0 aliphatic carbocycles. The third-order valence-electron chi connectivity index (χ3n) is 3.42. The van der Waals surface area contributed by atoms with Crippen molar-refractivity contribution in [3.8, 4) is 11.1 Å². The Hall–Kier alpha value is -1.90. The molecule has 0 saturated carbocycles. The Morgan fingerprint density at radius 3 is 1.62 bits per heavy atom. The van der Waals surface area contributed by atoms with E-state index in [1.165, 1.54) is 0 Å². The molecule has 0 atom stereocenters. The molecule has 2 rings (SSSR count). The molecule has 2 aromatic heterocycles. The van der Waals surface area contributed by atoms with Gasteiger partial charge in [-0.05, 0) is 47.1 Å². The lowest BCUT2D eigenvalue weighted by Gasteiger charge is -2.14. The van der Waals surface area contributed by atoms with Crippen LogP contribution in [-0.2, 0) is 10.8 Å². The molecule has 0 aliphatic heterocycles. The fourth-order valence-corrected chi connectivity index (χ4v) is 2.02. The van der Waals surface area contributed by atoms with Crippen molar-refractivity contribution in [1.29, 1.82) is 0 Å². The zero-order valence-electron chi connectivity index (χ0n) is 13.8. The molecule has 2 aromatic rings. The van der Waals surface area contributed by atoms with Gasteiger partial charge in [0, 0.05) is 34.6 Å². The van der Waals surface area contributed by atoms with Crippen molar-refractivity contribution < 1.29 is 14.4 Å². The van der Waals surface area contributed by atoms with Crippen LogP contribution >= 0.6 is 0 Å². The van der Waals surface area contributed by atoms with Crippen molar-refractivity contribution in [3.63, 3.8) is 0 Å². The summed E-state index contributed by atoms with van der Waals surface area (Å²) in [6.07, 6.45) is 3.26. The van der Waals surface area contributed by atoms with Crippen molar-refractivity contribution in [2.24, 2.45) is 0 Å². The Morgan fingerprint density at radius 2 is 1.24 bits per heavy atom. The van der Waals surface area contributed by atoms with Gasteiger partial charge in [-0.2, -0.15) is 0 Å². The minimum Gasteiger partial charge on any atom is -0.285 e. The molecule has 21 heavy (non-hydrogen) atoms. The van der Waals surface area contributed by atoms with Crippen molar-refractivity contribution in [2.75, 3.05) is 0 Å². The summed E-state index contributed by atoms with van der Waals surface area (Å²) in [5.41, 5.74) is 2.06. The van der Waals surface area contributed by atoms with E-state index >= 15 is 0 Å². The van der Waals surface area contributed by atoms with Crippen molar-refractivity contribution in [2.45, 2.75) is 52.4 Å². The summed E-state index contributed by atoms with van der Waals surface area (Å²) in [6, 6.07) is 7.97. The number of rotatable bonds is 1. The van der Waals surface area contributed by atoms with E-state index in [-0.39, 0.29) is 10.8 Å². The van der Waals surface area contributed by atoms with Gasteiger partial charge in [0.15, 0.2) is 0 Å². The molecule has 0 fully saturated rings. The Morgan fingerprint density at radius 1 is 0.810 bits per heavy atom. The minimum absolute atomic E-state index is 0.0539. The van der Waals surface area contributed by atoms with Crippen LogP contribution in [0.5, 0.6) is 0 Å². The topological polar surface area (TPSA) is 35.4 Å². The smallest absolute Gasteiger partial charge is 0.285 e. The van der Waals surface area contributed by atoms with Gasteiger partial charge in [-0.15, -0.1) is 0 Å². The Labute approximate surface area is 126 Å². The maximum absolute atomic E-state index is 9.37. The lowest BCUT2D eigenvalue weighted by atomic mass is 9.88. The van der Waals surface area contributed by atoms with E-state index in [1.807, 2.05) is 12.1 Å². The average molecular weight is 287 g/mol. The van der Waals surface area contributed by atoms with E-state index in [4.69, 9.17) is 4.42 Å². The molecule has 0 unspecified atom stereocenters. The van der Waals surface area contributed by atoms with Crippen LogP contribution in [0.15, 0.2) is 41.1 Å². The van der Waals surface area contributed by atoms with Crippen molar-refractivity contribution in [3.05, 3.63) is 48.2 Å². The average Bonchev–Trinajstić information content (AvgIpc) is 2.37. The highest BCUT2D eigenvalue weighted by Crippen LogP contribution is 2.33. The molecule has 3 heteroatoms. The highest BCUT2D eigenvalue weighted by molar-refractivity contribution is 5.63. The van der Waals surface area contributed by atoms with E-state index in [0.29, 0.717) is 0 Å². The quantitative estimate of drug-likeness (QED) is 0.481. The Kier molecular flexibility index (Phi) is 3.79. The molecule has 0 saturated heterocycles. The zero-order chi connectivity index (χ0) is 15.8. The van der Waals surface area contributed by atoms with Crippen LogP contribution in [0.1, 0.15) is 53.1 Å². The summed E-state index contributed by atoms with van der Waals surface area (Å²) in [5, 5.41) is 9.37. The van der Waals surface area contributed by atoms with Crippen LogP contribution in [0.25, 0.3) is 11.1 Å². The van der Waals surface area contributed by atoms with Crippen LogP contribution in [0.3, 0.4) is 0 Å². The fraction of sp³-hybridized carbons (Fsp3) is 0.444. The molecule has 0 amide bonds. The fourth-order valence-electron chi connectivity index (χ4n) is 2.02. The minimum atomic E-state index is -0.0539. The van der Waals surface area contributed by atoms with Gasteiger partial charge < -0.3 is 0 Å². The molecular formula is C18H25NO2+2. The van der Waals surface area contributed by atoms with Crippen LogP contribution < -0.4 is 4.73 Å². The van der Waals surface area contributed by atoms with Crippen molar-refractivity contribution >= 4 is 0 Å². The van der Waals surface area contributed by atoms with Crippen molar-refractivity contribution in [1.82, 2.24) is 0 Å². The monoisotopic (exact) mass is 287 g/mol. The third kappa shape index (κ3) is 3.60. The predicted octanol–water partition coefficient (Wildman–Crippen LogP) is 4.35. The molecule has 2 heterocycles. The molecule has 0 radical (unpaired) electrons. The van der Waals surface area contributed by atoms with E-state index in [1.54, 1.807) is 12.4 Å². The maximum Gasteiger partial charge on any atom is 0.335 e. The highest BCUT2D eigenvalue weighted by atomic mass is 16.5. The molecule has 0 aromatic carbocycles. The molecule has 0 bridgehead atoms.